The highest BCUT2D eigenvalue weighted by Gasteiger charge is 2.13. The van der Waals surface area contributed by atoms with Gasteiger partial charge in [0.05, 0.1) is 17.4 Å². The fourth-order valence-electron chi connectivity index (χ4n) is 2.04. The van der Waals surface area contributed by atoms with Crippen LogP contribution in [0.15, 0.2) is 24.5 Å². The van der Waals surface area contributed by atoms with Gasteiger partial charge in [-0.15, -0.1) is 0 Å². The fourth-order valence-corrected chi connectivity index (χ4v) is 2.04. The van der Waals surface area contributed by atoms with Crippen LogP contribution in [0.4, 0.5) is 5.69 Å². The molecule has 78 valence electrons. The normalized spacial score (nSPS) is 20.9. The number of nitrogens with zero attached hydrogens (tertiary/aromatic N) is 1. The second-order valence-electron chi connectivity index (χ2n) is 3.97. The molecule has 1 saturated heterocycles. The number of rotatable bonds is 2. The number of fused-ring (bicyclic) bond motifs is 1. The highest BCUT2D eigenvalue weighted by molar-refractivity contribution is 5.78. The van der Waals surface area contributed by atoms with Crippen LogP contribution in [-0.4, -0.2) is 29.1 Å². The maximum Gasteiger partial charge on any atom is 0.0931 e. The Labute approximate surface area is 88.1 Å². The molecule has 4 heteroatoms. The summed E-state index contributed by atoms with van der Waals surface area (Å²) >= 11 is 0. The first-order valence-corrected chi connectivity index (χ1v) is 5.32. The summed E-state index contributed by atoms with van der Waals surface area (Å²) in [6, 6.07) is 6.80. The number of aromatic nitrogens is 2. The Kier molecular flexibility index (Phi) is 2.07. The molecule has 0 saturated carbocycles. The van der Waals surface area contributed by atoms with Crippen LogP contribution < -0.4 is 10.6 Å². The summed E-state index contributed by atoms with van der Waals surface area (Å²) in [5.74, 6) is 0. The van der Waals surface area contributed by atoms with Crippen molar-refractivity contribution in [1.29, 1.82) is 0 Å². The van der Waals surface area contributed by atoms with Crippen LogP contribution in [0.1, 0.15) is 6.42 Å². The summed E-state index contributed by atoms with van der Waals surface area (Å²) in [5.41, 5.74) is 3.27. The standard InChI is InChI=1S/C11H14N4/c1-2-10-11(14-7-13-10)5-8(1)15-9-3-4-12-6-9/h1-2,5,7,9,12,15H,3-4,6H2,(H,13,14). The zero-order chi connectivity index (χ0) is 10.1. The minimum absolute atomic E-state index is 0.561. The van der Waals surface area contributed by atoms with E-state index in [0.717, 1.165) is 24.1 Å². The molecule has 1 aromatic carbocycles. The van der Waals surface area contributed by atoms with Gasteiger partial charge in [0.1, 0.15) is 0 Å². The fraction of sp³-hybridized carbons (Fsp3) is 0.364. The van der Waals surface area contributed by atoms with Gasteiger partial charge in [0.15, 0.2) is 0 Å². The first-order chi connectivity index (χ1) is 7.42. The first-order valence-electron chi connectivity index (χ1n) is 5.32. The van der Waals surface area contributed by atoms with E-state index in [1.807, 2.05) is 6.07 Å². The molecule has 1 aliphatic rings. The first kappa shape index (κ1) is 8.73. The molecule has 0 bridgehead atoms. The van der Waals surface area contributed by atoms with Crippen LogP contribution in [0.2, 0.25) is 0 Å². The van der Waals surface area contributed by atoms with Gasteiger partial charge in [-0.1, -0.05) is 0 Å². The second kappa shape index (κ2) is 3.55. The van der Waals surface area contributed by atoms with Gasteiger partial charge in [0.2, 0.25) is 0 Å². The topological polar surface area (TPSA) is 52.7 Å². The quantitative estimate of drug-likeness (QED) is 0.688. The van der Waals surface area contributed by atoms with Gasteiger partial charge in [0, 0.05) is 18.3 Å². The van der Waals surface area contributed by atoms with Gasteiger partial charge in [-0.25, -0.2) is 4.98 Å². The highest BCUT2D eigenvalue weighted by atomic mass is 15.0. The van der Waals surface area contributed by atoms with Crippen molar-refractivity contribution in [2.75, 3.05) is 18.4 Å². The lowest BCUT2D eigenvalue weighted by Gasteiger charge is -2.12. The molecular formula is C11H14N4. The van der Waals surface area contributed by atoms with Crippen LogP contribution in [0.3, 0.4) is 0 Å². The van der Waals surface area contributed by atoms with Crippen molar-refractivity contribution in [2.45, 2.75) is 12.5 Å². The summed E-state index contributed by atoms with van der Waals surface area (Å²) in [4.78, 5) is 7.31. The molecule has 2 heterocycles. The van der Waals surface area contributed by atoms with E-state index in [-0.39, 0.29) is 0 Å². The molecule has 0 aliphatic carbocycles. The number of H-pyrrole nitrogens is 1. The Morgan fingerprint density at radius 1 is 1.40 bits per heavy atom. The number of aromatic amines is 1. The Hall–Kier alpha value is -1.55. The van der Waals surface area contributed by atoms with E-state index in [1.165, 1.54) is 12.1 Å². The van der Waals surface area contributed by atoms with Gasteiger partial charge in [-0.05, 0) is 31.2 Å². The molecule has 3 N–H and O–H groups in total. The third-order valence-electron chi connectivity index (χ3n) is 2.85. The largest absolute Gasteiger partial charge is 0.381 e. The second-order valence-corrected chi connectivity index (χ2v) is 3.97. The molecule has 0 spiro atoms. The van der Waals surface area contributed by atoms with Crippen molar-refractivity contribution in [3.63, 3.8) is 0 Å². The van der Waals surface area contributed by atoms with Crippen molar-refractivity contribution >= 4 is 16.7 Å². The minimum Gasteiger partial charge on any atom is -0.381 e. The lowest BCUT2D eigenvalue weighted by Crippen LogP contribution is -2.21. The summed E-state index contributed by atoms with van der Waals surface area (Å²) in [7, 11) is 0. The Morgan fingerprint density at radius 3 is 3.27 bits per heavy atom. The molecule has 2 aromatic rings. The molecule has 1 unspecified atom stereocenters. The summed E-state index contributed by atoms with van der Waals surface area (Å²) < 4.78 is 0. The van der Waals surface area contributed by atoms with Gasteiger partial charge < -0.3 is 15.6 Å². The molecule has 15 heavy (non-hydrogen) atoms. The predicted octanol–water partition coefficient (Wildman–Crippen LogP) is 1.34. The zero-order valence-corrected chi connectivity index (χ0v) is 8.46. The lowest BCUT2D eigenvalue weighted by atomic mass is 10.2. The van der Waals surface area contributed by atoms with Crippen LogP contribution in [-0.2, 0) is 0 Å². The molecule has 3 rings (SSSR count). The Morgan fingerprint density at radius 2 is 2.40 bits per heavy atom. The van der Waals surface area contributed by atoms with E-state index in [1.54, 1.807) is 6.33 Å². The number of hydrogen-bond acceptors (Lipinski definition) is 3. The molecule has 0 radical (unpaired) electrons. The van der Waals surface area contributed by atoms with Crippen LogP contribution in [0.5, 0.6) is 0 Å². The molecule has 1 fully saturated rings. The van der Waals surface area contributed by atoms with E-state index in [2.05, 4.69) is 32.7 Å². The average molecular weight is 202 g/mol. The molecular weight excluding hydrogens is 188 g/mol. The van der Waals surface area contributed by atoms with E-state index >= 15 is 0 Å². The van der Waals surface area contributed by atoms with Crippen molar-refractivity contribution in [3.8, 4) is 0 Å². The smallest absolute Gasteiger partial charge is 0.0931 e. The molecule has 1 aromatic heterocycles. The van der Waals surface area contributed by atoms with Gasteiger partial charge in [-0.2, -0.15) is 0 Å². The van der Waals surface area contributed by atoms with Gasteiger partial charge >= 0.3 is 0 Å². The maximum atomic E-state index is 4.20. The van der Waals surface area contributed by atoms with Gasteiger partial charge in [0.25, 0.3) is 0 Å². The third kappa shape index (κ3) is 1.68. The Bertz CT molecular complexity index is 456. The lowest BCUT2D eigenvalue weighted by molar-refractivity contribution is 0.793. The monoisotopic (exact) mass is 202 g/mol. The number of anilines is 1. The van der Waals surface area contributed by atoms with Crippen molar-refractivity contribution in [1.82, 2.24) is 15.3 Å². The van der Waals surface area contributed by atoms with E-state index in [9.17, 15) is 0 Å². The summed E-state index contributed by atoms with van der Waals surface area (Å²) in [6.45, 7) is 2.17. The number of imidazole rings is 1. The molecule has 4 nitrogen and oxygen atoms in total. The summed E-state index contributed by atoms with van der Waals surface area (Å²) in [6.07, 6.45) is 2.92. The zero-order valence-electron chi connectivity index (χ0n) is 8.46. The van der Waals surface area contributed by atoms with Crippen LogP contribution >= 0.6 is 0 Å². The third-order valence-corrected chi connectivity index (χ3v) is 2.85. The van der Waals surface area contributed by atoms with Gasteiger partial charge in [-0.3, -0.25) is 0 Å². The van der Waals surface area contributed by atoms with E-state index < -0.39 is 0 Å². The van der Waals surface area contributed by atoms with E-state index in [4.69, 9.17) is 0 Å². The molecule has 1 atom stereocenters. The predicted molar refractivity (Wildman–Crippen MR) is 61.0 cm³/mol. The maximum absolute atomic E-state index is 4.20. The van der Waals surface area contributed by atoms with Crippen molar-refractivity contribution < 1.29 is 0 Å². The number of hydrogen-bond donors (Lipinski definition) is 3. The SMILES string of the molecule is c1nc2ccc(NC3CCNC3)cc2[nH]1. The van der Waals surface area contributed by atoms with Crippen molar-refractivity contribution in [2.24, 2.45) is 0 Å². The Balaban J connectivity index is 1.84. The molecule has 1 aliphatic heterocycles. The number of benzene rings is 1. The van der Waals surface area contributed by atoms with Crippen LogP contribution in [0, 0.1) is 0 Å². The summed E-state index contributed by atoms with van der Waals surface area (Å²) in [5, 5.41) is 6.85. The average Bonchev–Trinajstić information content (AvgIpc) is 2.87. The number of nitrogens with one attached hydrogen (secondary N) is 3. The van der Waals surface area contributed by atoms with Crippen molar-refractivity contribution in [3.05, 3.63) is 24.5 Å². The van der Waals surface area contributed by atoms with Crippen LogP contribution in [0.25, 0.3) is 11.0 Å². The minimum atomic E-state index is 0.561. The molecule has 0 amide bonds. The van der Waals surface area contributed by atoms with E-state index in [0.29, 0.717) is 6.04 Å². The highest BCUT2D eigenvalue weighted by Crippen LogP contribution is 2.17.